The standard InChI is InChI=1S/C26H25ClFN3O2S/c1-3-23-22(16-33-25-20(27)6-5-7-21(25)28)30-24-14-18(12-13-31(23)24)26(32)29-15-17-8-10-19(11-9-17)34-4-2/h5-14H,3-4,15-16H2,1-2H3,(H,29,32). The van der Waals surface area contributed by atoms with Crippen molar-refractivity contribution >= 4 is 34.9 Å². The molecule has 0 spiro atoms. The molecule has 1 N–H and O–H groups in total. The number of carbonyl (C=O) groups is 1. The number of imidazole rings is 1. The Balaban J connectivity index is 1.48. The molecule has 2 aromatic carbocycles. The maximum Gasteiger partial charge on any atom is 0.251 e. The van der Waals surface area contributed by atoms with Crippen molar-refractivity contribution in [2.75, 3.05) is 5.75 Å². The predicted molar refractivity (Wildman–Crippen MR) is 134 cm³/mol. The van der Waals surface area contributed by atoms with Crippen LogP contribution in [0.5, 0.6) is 5.75 Å². The van der Waals surface area contributed by atoms with Crippen LogP contribution in [0.25, 0.3) is 5.65 Å². The molecule has 0 aliphatic carbocycles. The number of pyridine rings is 1. The van der Waals surface area contributed by atoms with E-state index in [-0.39, 0.29) is 23.3 Å². The molecule has 8 heteroatoms. The van der Waals surface area contributed by atoms with Crippen LogP contribution in [0.2, 0.25) is 5.02 Å². The van der Waals surface area contributed by atoms with Gasteiger partial charge < -0.3 is 14.5 Å². The van der Waals surface area contributed by atoms with E-state index in [2.05, 4.69) is 29.4 Å². The van der Waals surface area contributed by atoms with Gasteiger partial charge in [-0.25, -0.2) is 9.37 Å². The van der Waals surface area contributed by atoms with Gasteiger partial charge in [-0.3, -0.25) is 4.79 Å². The van der Waals surface area contributed by atoms with Gasteiger partial charge in [0.1, 0.15) is 17.9 Å². The number of nitrogens with one attached hydrogen (secondary N) is 1. The molecule has 0 radical (unpaired) electrons. The monoisotopic (exact) mass is 497 g/mol. The number of nitrogens with zero attached hydrogens (tertiary/aromatic N) is 2. The summed E-state index contributed by atoms with van der Waals surface area (Å²) in [7, 11) is 0. The largest absolute Gasteiger partial charge is 0.483 e. The Morgan fingerprint density at radius 2 is 1.97 bits per heavy atom. The van der Waals surface area contributed by atoms with Crippen molar-refractivity contribution in [2.45, 2.75) is 38.3 Å². The molecule has 5 nitrogen and oxygen atoms in total. The van der Waals surface area contributed by atoms with Crippen molar-refractivity contribution in [1.29, 1.82) is 0 Å². The summed E-state index contributed by atoms with van der Waals surface area (Å²) in [6.45, 7) is 4.64. The van der Waals surface area contributed by atoms with Crippen LogP contribution in [0.4, 0.5) is 4.39 Å². The highest BCUT2D eigenvalue weighted by atomic mass is 35.5. The fourth-order valence-electron chi connectivity index (χ4n) is 3.69. The fourth-order valence-corrected chi connectivity index (χ4v) is 4.57. The van der Waals surface area contributed by atoms with Gasteiger partial charge >= 0.3 is 0 Å². The number of rotatable bonds is 9. The van der Waals surface area contributed by atoms with E-state index in [1.54, 1.807) is 30.0 Å². The number of aryl methyl sites for hydroxylation is 1. The maximum atomic E-state index is 14.1. The first-order chi connectivity index (χ1) is 16.5. The molecule has 2 heterocycles. The van der Waals surface area contributed by atoms with Crippen molar-refractivity contribution < 1.29 is 13.9 Å². The normalized spacial score (nSPS) is 11.1. The van der Waals surface area contributed by atoms with Crippen LogP contribution in [0, 0.1) is 5.82 Å². The number of fused-ring (bicyclic) bond motifs is 1. The van der Waals surface area contributed by atoms with Crippen LogP contribution in [0.3, 0.4) is 0 Å². The molecular formula is C26H25ClFN3O2S. The molecule has 0 unspecified atom stereocenters. The third kappa shape index (κ3) is 5.37. The van der Waals surface area contributed by atoms with Gasteiger partial charge in [0, 0.05) is 28.9 Å². The Kier molecular flexibility index (Phi) is 7.75. The topological polar surface area (TPSA) is 55.6 Å². The highest BCUT2D eigenvalue weighted by Crippen LogP contribution is 2.28. The molecule has 34 heavy (non-hydrogen) atoms. The minimum Gasteiger partial charge on any atom is -0.483 e. The second-order valence-electron chi connectivity index (χ2n) is 7.60. The summed E-state index contributed by atoms with van der Waals surface area (Å²) in [5.41, 5.74) is 3.78. The second-order valence-corrected chi connectivity index (χ2v) is 9.35. The van der Waals surface area contributed by atoms with Crippen molar-refractivity contribution in [1.82, 2.24) is 14.7 Å². The van der Waals surface area contributed by atoms with E-state index in [0.29, 0.717) is 29.9 Å². The van der Waals surface area contributed by atoms with Crippen molar-refractivity contribution in [3.05, 3.63) is 94.1 Å². The first-order valence-electron chi connectivity index (χ1n) is 11.1. The van der Waals surface area contributed by atoms with Gasteiger partial charge in [-0.05, 0) is 54.1 Å². The molecule has 0 aliphatic heterocycles. The number of aromatic nitrogens is 2. The quantitative estimate of drug-likeness (QED) is 0.275. The van der Waals surface area contributed by atoms with Crippen molar-refractivity contribution in [2.24, 2.45) is 0 Å². The van der Waals surface area contributed by atoms with E-state index in [1.165, 1.54) is 17.0 Å². The first kappa shape index (κ1) is 24.1. The third-order valence-corrected chi connectivity index (χ3v) is 6.56. The number of carbonyl (C=O) groups excluding carboxylic acids is 1. The van der Waals surface area contributed by atoms with Crippen LogP contribution in [-0.4, -0.2) is 21.0 Å². The van der Waals surface area contributed by atoms with Crippen LogP contribution < -0.4 is 10.1 Å². The third-order valence-electron chi connectivity index (χ3n) is 5.36. The molecule has 0 saturated heterocycles. The van der Waals surface area contributed by atoms with Crippen molar-refractivity contribution in [3.63, 3.8) is 0 Å². The lowest BCUT2D eigenvalue weighted by Gasteiger charge is -2.09. The summed E-state index contributed by atoms with van der Waals surface area (Å²) in [6, 6.07) is 16.1. The molecule has 0 fully saturated rings. The van der Waals surface area contributed by atoms with E-state index in [1.807, 2.05) is 29.7 Å². The minimum absolute atomic E-state index is 0.00432. The van der Waals surface area contributed by atoms with Gasteiger partial charge in [0.15, 0.2) is 11.6 Å². The van der Waals surface area contributed by atoms with Crippen LogP contribution >= 0.6 is 23.4 Å². The SMILES string of the molecule is CCSc1ccc(CNC(=O)c2ccn3c(CC)c(COc4c(F)cccc4Cl)nc3c2)cc1. The number of para-hydroxylation sites is 1. The lowest BCUT2D eigenvalue weighted by Crippen LogP contribution is -2.22. The molecule has 0 aliphatic rings. The molecule has 0 saturated carbocycles. The summed E-state index contributed by atoms with van der Waals surface area (Å²) in [5.74, 6) is 0.333. The average molecular weight is 498 g/mol. The fraction of sp³-hybridized carbons (Fsp3) is 0.231. The van der Waals surface area contributed by atoms with E-state index in [9.17, 15) is 9.18 Å². The zero-order chi connectivity index (χ0) is 24.1. The maximum absolute atomic E-state index is 14.1. The average Bonchev–Trinajstić information content (AvgIpc) is 3.20. The van der Waals surface area contributed by atoms with Gasteiger partial charge in [0.25, 0.3) is 5.91 Å². The Labute approximate surface area is 207 Å². The number of thioether (sulfide) groups is 1. The molecule has 1 amide bonds. The van der Waals surface area contributed by atoms with Crippen LogP contribution in [0.1, 0.15) is 41.2 Å². The first-order valence-corrected chi connectivity index (χ1v) is 12.4. The van der Waals surface area contributed by atoms with E-state index in [0.717, 1.165) is 17.0 Å². The Morgan fingerprint density at radius 3 is 2.68 bits per heavy atom. The predicted octanol–water partition coefficient (Wildman–Crippen LogP) is 6.31. The molecule has 4 aromatic rings. The number of hydrogen-bond donors (Lipinski definition) is 1. The van der Waals surface area contributed by atoms with Crippen molar-refractivity contribution in [3.8, 4) is 5.75 Å². The summed E-state index contributed by atoms with van der Waals surface area (Å²) < 4.78 is 21.6. The summed E-state index contributed by atoms with van der Waals surface area (Å²) >= 11 is 7.85. The van der Waals surface area contributed by atoms with Gasteiger partial charge in [-0.15, -0.1) is 11.8 Å². The molecule has 176 valence electrons. The highest BCUT2D eigenvalue weighted by Gasteiger charge is 2.16. The van der Waals surface area contributed by atoms with Gasteiger partial charge in [0.2, 0.25) is 0 Å². The minimum atomic E-state index is -0.521. The number of ether oxygens (including phenoxy) is 1. The zero-order valence-electron chi connectivity index (χ0n) is 19.0. The number of benzene rings is 2. The van der Waals surface area contributed by atoms with E-state index >= 15 is 0 Å². The Morgan fingerprint density at radius 1 is 1.18 bits per heavy atom. The Bertz CT molecular complexity index is 1290. The molecule has 2 aromatic heterocycles. The van der Waals surface area contributed by atoms with Gasteiger partial charge in [-0.1, -0.05) is 43.6 Å². The molecule has 4 rings (SSSR count). The lowest BCUT2D eigenvalue weighted by molar-refractivity contribution is 0.0951. The van der Waals surface area contributed by atoms with E-state index < -0.39 is 5.82 Å². The Hall–Kier alpha value is -3.03. The summed E-state index contributed by atoms with van der Waals surface area (Å²) in [5, 5.41) is 3.17. The molecular weight excluding hydrogens is 473 g/mol. The zero-order valence-corrected chi connectivity index (χ0v) is 20.5. The number of hydrogen-bond acceptors (Lipinski definition) is 4. The highest BCUT2D eigenvalue weighted by molar-refractivity contribution is 7.99. The second kappa shape index (κ2) is 10.9. The van der Waals surface area contributed by atoms with Crippen LogP contribution in [-0.2, 0) is 19.6 Å². The van der Waals surface area contributed by atoms with Crippen LogP contribution in [0.15, 0.2) is 65.7 Å². The molecule has 0 bridgehead atoms. The lowest BCUT2D eigenvalue weighted by atomic mass is 10.2. The molecule has 0 atom stereocenters. The number of halogens is 2. The van der Waals surface area contributed by atoms with Gasteiger partial charge in [-0.2, -0.15) is 0 Å². The summed E-state index contributed by atoms with van der Waals surface area (Å²) in [6.07, 6.45) is 2.52. The smallest absolute Gasteiger partial charge is 0.251 e. The number of amides is 1. The summed E-state index contributed by atoms with van der Waals surface area (Å²) in [4.78, 5) is 18.6. The van der Waals surface area contributed by atoms with Gasteiger partial charge in [0.05, 0.1) is 5.02 Å². The van der Waals surface area contributed by atoms with E-state index in [4.69, 9.17) is 16.3 Å².